The molecule has 0 aromatic carbocycles. The Morgan fingerprint density at radius 3 is 2.92 bits per heavy atom. The van der Waals surface area contributed by atoms with Crippen molar-refractivity contribution >= 4 is 0 Å². The smallest absolute Gasteiger partial charge is 0.146 e. The van der Waals surface area contributed by atoms with Gasteiger partial charge in [-0.1, -0.05) is 0 Å². The number of aromatic nitrogens is 3. The summed E-state index contributed by atoms with van der Waals surface area (Å²) in [6.07, 6.45) is 4.29. The first-order valence-corrected chi connectivity index (χ1v) is 4.28. The van der Waals surface area contributed by atoms with E-state index in [9.17, 15) is 0 Å². The average molecular weight is 166 g/mol. The van der Waals surface area contributed by atoms with Crippen LogP contribution in [0.2, 0.25) is 0 Å². The standard InChI is InChI=1S/C8H14N4/c1-8(3-4-8)9-5-7-11-10-6-12(7)2/h6,9H,3-5H2,1-2H3. The van der Waals surface area contributed by atoms with Gasteiger partial charge in [-0.2, -0.15) is 0 Å². The zero-order chi connectivity index (χ0) is 8.60. The highest BCUT2D eigenvalue weighted by atomic mass is 15.3. The molecule has 0 bridgehead atoms. The average Bonchev–Trinajstić information content (AvgIpc) is 2.61. The summed E-state index contributed by atoms with van der Waals surface area (Å²) in [6.45, 7) is 3.07. The molecule has 0 saturated heterocycles. The topological polar surface area (TPSA) is 42.7 Å². The molecule has 1 saturated carbocycles. The summed E-state index contributed by atoms with van der Waals surface area (Å²) in [7, 11) is 1.96. The first-order chi connectivity index (χ1) is 5.70. The Hall–Kier alpha value is -0.900. The summed E-state index contributed by atoms with van der Waals surface area (Å²) in [5, 5.41) is 11.3. The third-order valence-corrected chi connectivity index (χ3v) is 2.48. The quantitative estimate of drug-likeness (QED) is 0.709. The largest absolute Gasteiger partial charge is 0.320 e. The maximum atomic E-state index is 4.00. The van der Waals surface area contributed by atoms with E-state index in [1.165, 1.54) is 12.8 Å². The Bertz CT molecular complexity index is 274. The van der Waals surface area contributed by atoms with Crippen LogP contribution in [0.4, 0.5) is 0 Å². The summed E-state index contributed by atoms with van der Waals surface area (Å²) in [4.78, 5) is 0. The van der Waals surface area contributed by atoms with E-state index in [4.69, 9.17) is 0 Å². The first kappa shape index (κ1) is 7.73. The predicted octanol–water partition coefficient (Wildman–Crippen LogP) is 0.457. The third kappa shape index (κ3) is 1.48. The van der Waals surface area contributed by atoms with Crippen LogP contribution in [-0.2, 0) is 13.6 Å². The fourth-order valence-electron chi connectivity index (χ4n) is 1.12. The molecule has 1 aromatic rings. The van der Waals surface area contributed by atoms with Gasteiger partial charge in [0.1, 0.15) is 12.2 Å². The summed E-state index contributed by atoms with van der Waals surface area (Å²) in [5.41, 5.74) is 0.381. The van der Waals surface area contributed by atoms with Crippen molar-refractivity contribution in [3.8, 4) is 0 Å². The monoisotopic (exact) mass is 166 g/mol. The maximum absolute atomic E-state index is 4.00. The van der Waals surface area contributed by atoms with E-state index in [0.717, 1.165) is 12.4 Å². The van der Waals surface area contributed by atoms with Gasteiger partial charge in [-0.15, -0.1) is 10.2 Å². The normalized spacial score (nSPS) is 19.5. The molecule has 1 aliphatic carbocycles. The molecule has 66 valence electrons. The molecule has 0 aliphatic heterocycles. The number of aryl methyl sites for hydroxylation is 1. The van der Waals surface area contributed by atoms with Gasteiger partial charge in [-0.3, -0.25) is 0 Å². The van der Waals surface area contributed by atoms with Crippen LogP contribution in [0.5, 0.6) is 0 Å². The molecule has 0 atom stereocenters. The third-order valence-electron chi connectivity index (χ3n) is 2.48. The Morgan fingerprint density at radius 2 is 2.42 bits per heavy atom. The summed E-state index contributed by atoms with van der Waals surface area (Å²) >= 11 is 0. The molecular weight excluding hydrogens is 152 g/mol. The molecule has 2 rings (SSSR count). The highest BCUT2D eigenvalue weighted by Crippen LogP contribution is 2.34. The van der Waals surface area contributed by atoms with Gasteiger partial charge in [0.05, 0.1) is 6.54 Å². The fourth-order valence-corrected chi connectivity index (χ4v) is 1.12. The lowest BCUT2D eigenvalue weighted by molar-refractivity contribution is 0.516. The summed E-state index contributed by atoms with van der Waals surface area (Å²) < 4.78 is 1.94. The number of hydrogen-bond donors (Lipinski definition) is 1. The Morgan fingerprint density at radius 1 is 1.67 bits per heavy atom. The molecule has 1 heterocycles. The maximum Gasteiger partial charge on any atom is 0.146 e. The Balaban J connectivity index is 1.91. The van der Waals surface area contributed by atoms with Crippen molar-refractivity contribution in [3.05, 3.63) is 12.2 Å². The van der Waals surface area contributed by atoms with E-state index in [0.29, 0.717) is 5.54 Å². The molecular formula is C8H14N4. The molecule has 0 amide bonds. The number of rotatable bonds is 3. The van der Waals surface area contributed by atoms with Crippen molar-refractivity contribution in [2.75, 3.05) is 0 Å². The zero-order valence-corrected chi connectivity index (χ0v) is 7.54. The Labute approximate surface area is 72.0 Å². The minimum Gasteiger partial charge on any atom is -0.320 e. The number of nitrogens with one attached hydrogen (secondary N) is 1. The van der Waals surface area contributed by atoms with Crippen molar-refractivity contribution < 1.29 is 0 Å². The second-order valence-electron chi connectivity index (χ2n) is 3.77. The van der Waals surface area contributed by atoms with Gasteiger partial charge in [0, 0.05) is 12.6 Å². The molecule has 1 N–H and O–H groups in total. The molecule has 0 spiro atoms. The molecule has 1 fully saturated rings. The van der Waals surface area contributed by atoms with Gasteiger partial charge in [0.15, 0.2) is 0 Å². The van der Waals surface area contributed by atoms with Crippen LogP contribution in [0.1, 0.15) is 25.6 Å². The molecule has 1 aromatic heterocycles. The molecule has 12 heavy (non-hydrogen) atoms. The fraction of sp³-hybridized carbons (Fsp3) is 0.750. The van der Waals surface area contributed by atoms with Crippen LogP contribution in [0, 0.1) is 0 Å². The molecule has 0 radical (unpaired) electrons. The molecule has 4 heteroatoms. The van der Waals surface area contributed by atoms with E-state index < -0.39 is 0 Å². The first-order valence-electron chi connectivity index (χ1n) is 4.28. The van der Waals surface area contributed by atoms with Gasteiger partial charge in [0.25, 0.3) is 0 Å². The minimum absolute atomic E-state index is 0.381. The SMILES string of the molecule is Cn1cnnc1CNC1(C)CC1. The van der Waals surface area contributed by atoms with E-state index in [2.05, 4.69) is 22.4 Å². The van der Waals surface area contributed by atoms with Gasteiger partial charge >= 0.3 is 0 Å². The Kier molecular flexibility index (Phi) is 1.65. The van der Waals surface area contributed by atoms with Gasteiger partial charge in [0.2, 0.25) is 0 Å². The van der Waals surface area contributed by atoms with E-state index in [1.54, 1.807) is 6.33 Å². The van der Waals surface area contributed by atoms with E-state index in [-0.39, 0.29) is 0 Å². The van der Waals surface area contributed by atoms with Crippen LogP contribution in [0.3, 0.4) is 0 Å². The second-order valence-corrected chi connectivity index (χ2v) is 3.77. The van der Waals surface area contributed by atoms with Crippen LogP contribution < -0.4 is 5.32 Å². The van der Waals surface area contributed by atoms with Crippen LogP contribution in [0.25, 0.3) is 0 Å². The molecule has 0 unspecified atom stereocenters. The number of nitrogens with zero attached hydrogens (tertiary/aromatic N) is 3. The number of hydrogen-bond acceptors (Lipinski definition) is 3. The minimum atomic E-state index is 0.381. The summed E-state index contributed by atoms with van der Waals surface area (Å²) in [5.74, 6) is 1.00. The lowest BCUT2D eigenvalue weighted by atomic mass is 10.3. The van der Waals surface area contributed by atoms with Gasteiger partial charge in [-0.25, -0.2) is 0 Å². The van der Waals surface area contributed by atoms with Crippen molar-refractivity contribution in [2.45, 2.75) is 31.8 Å². The molecule has 4 nitrogen and oxygen atoms in total. The zero-order valence-electron chi connectivity index (χ0n) is 7.54. The van der Waals surface area contributed by atoms with Gasteiger partial charge in [-0.05, 0) is 19.8 Å². The van der Waals surface area contributed by atoms with Crippen molar-refractivity contribution in [3.63, 3.8) is 0 Å². The van der Waals surface area contributed by atoms with Gasteiger partial charge < -0.3 is 9.88 Å². The highest BCUT2D eigenvalue weighted by Gasteiger charge is 2.36. The van der Waals surface area contributed by atoms with E-state index >= 15 is 0 Å². The van der Waals surface area contributed by atoms with Crippen molar-refractivity contribution in [1.82, 2.24) is 20.1 Å². The van der Waals surface area contributed by atoms with Crippen LogP contribution in [-0.4, -0.2) is 20.3 Å². The van der Waals surface area contributed by atoms with Crippen LogP contribution in [0.15, 0.2) is 6.33 Å². The van der Waals surface area contributed by atoms with Crippen molar-refractivity contribution in [1.29, 1.82) is 0 Å². The second kappa shape index (κ2) is 2.55. The molecule has 1 aliphatic rings. The highest BCUT2D eigenvalue weighted by molar-refractivity contribution is 4.99. The predicted molar refractivity (Wildman–Crippen MR) is 45.5 cm³/mol. The van der Waals surface area contributed by atoms with E-state index in [1.807, 2.05) is 11.6 Å². The lowest BCUT2D eigenvalue weighted by Crippen LogP contribution is -2.28. The lowest BCUT2D eigenvalue weighted by Gasteiger charge is -2.09. The summed E-state index contributed by atoms with van der Waals surface area (Å²) in [6, 6.07) is 0. The van der Waals surface area contributed by atoms with Crippen molar-refractivity contribution in [2.24, 2.45) is 7.05 Å². The van der Waals surface area contributed by atoms with Crippen LogP contribution >= 0.6 is 0 Å².